The lowest BCUT2D eigenvalue weighted by Crippen LogP contribution is -2.34. The van der Waals surface area contributed by atoms with Gasteiger partial charge < -0.3 is 10.6 Å². The van der Waals surface area contributed by atoms with Crippen molar-refractivity contribution in [2.45, 2.75) is 22.7 Å². The number of nitrogens with one attached hydrogen (secondary N) is 2. The smallest absolute Gasteiger partial charge is 0.253 e. The number of hydrogen-bond acceptors (Lipinski definition) is 3. The quantitative estimate of drug-likeness (QED) is 0.433. The molecule has 1 aliphatic heterocycles. The van der Waals surface area contributed by atoms with Gasteiger partial charge in [0.15, 0.2) is 0 Å². The Kier molecular flexibility index (Phi) is 6.93. The molecule has 2 fully saturated rings. The molecular formula is C21H17Cl5N2O2S. The van der Waals surface area contributed by atoms with Crippen molar-refractivity contribution in [1.82, 2.24) is 5.32 Å². The van der Waals surface area contributed by atoms with Gasteiger partial charge >= 0.3 is 0 Å². The molecule has 3 unspecified atom stereocenters. The maximum Gasteiger partial charge on any atom is 0.253 e. The second-order valence-electron chi connectivity index (χ2n) is 7.55. The lowest BCUT2D eigenvalue weighted by molar-refractivity contribution is -0.117. The van der Waals surface area contributed by atoms with E-state index < -0.39 is 16.2 Å². The molecule has 2 N–H and O–H groups in total. The number of benzene rings is 2. The van der Waals surface area contributed by atoms with E-state index in [-0.39, 0.29) is 17.9 Å². The highest BCUT2D eigenvalue weighted by Gasteiger charge is 2.67. The Bertz CT molecular complexity index is 1020. The van der Waals surface area contributed by atoms with Gasteiger partial charge in [-0.15, -0.1) is 23.2 Å². The monoisotopic (exact) mass is 536 g/mol. The summed E-state index contributed by atoms with van der Waals surface area (Å²) in [6, 6.07) is 9.85. The van der Waals surface area contributed by atoms with E-state index in [1.165, 1.54) is 0 Å². The molecule has 0 aromatic heterocycles. The Labute approximate surface area is 209 Å². The van der Waals surface area contributed by atoms with Gasteiger partial charge in [0.2, 0.25) is 5.91 Å². The summed E-state index contributed by atoms with van der Waals surface area (Å²) < 4.78 is -1.29. The summed E-state index contributed by atoms with van der Waals surface area (Å²) in [4.78, 5) is 25.5. The van der Waals surface area contributed by atoms with Crippen molar-refractivity contribution in [3.63, 3.8) is 0 Å². The van der Waals surface area contributed by atoms with E-state index in [1.807, 2.05) is 0 Å². The highest BCUT2D eigenvalue weighted by atomic mass is 35.5. The van der Waals surface area contributed by atoms with Crippen LogP contribution >= 0.6 is 69.8 Å². The molecule has 10 heteroatoms. The number of anilines is 1. The normalized spacial score (nSPS) is 24.0. The average molecular weight is 539 g/mol. The highest BCUT2D eigenvalue weighted by molar-refractivity contribution is 7.99. The van der Waals surface area contributed by atoms with Crippen molar-refractivity contribution in [1.29, 1.82) is 0 Å². The largest absolute Gasteiger partial charge is 0.348 e. The molecule has 164 valence electrons. The fourth-order valence-corrected chi connectivity index (χ4v) is 6.46. The van der Waals surface area contributed by atoms with Crippen LogP contribution in [-0.2, 0) is 4.79 Å². The summed E-state index contributed by atoms with van der Waals surface area (Å²) in [5.74, 6) is 0.107. The number of thioether (sulfide) groups is 1. The molecule has 4 nitrogen and oxygen atoms in total. The molecule has 1 saturated heterocycles. The first-order chi connectivity index (χ1) is 14.7. The van der Waals surface area contributed by atoms with Crippen LogP contribution in [0.2, 0.25) is 15.1 Å². The van der Waals surface area contributed by atoms with Crippen molar-refractivity contribution < 1.29 is 9.59 Å². The minimum Gasteiger partial charge on any atom is -0.348 e. The Balaban J connectivity index is 1.49. The number of halogens is 5. The third-order valence-corrected chi connectivity index (χ3v) is 8.19. The van der Waals surface area contributed by atoms with Crippen LogP contribution in [0.4, 0.5) is 5.69 Å². The molecule has 2 aliphatic rings. The molecule has 4 rings (SSSR count). The highest BCUT2D eigenvalue weighted by Crippen LogP contribution is 2.65. The summed E-state index contributed by atoms with van der Waals surface area (Å²) in [5, 5.41) is 6.95. The number of carbonyl (C=O) groups excluding carboxylic acids is 2. The first kappa shape index (κ1) is 23.3. The van der Waals surface area contributed by atoms with Gasteiger partial charge in [0.25, 0.3) is 5.91 Å². The van der Waals surface area contributed by atoms with Crippen LogP contribution in [0.15, 0.2) is 36.4 Å². The number of rotatable bonds is 5. The van der Waals surface area contributed by atoms with Crippen LogP contribution in [0.25, 0.3) is 0 Å². The van der Waals surface area contributed by atoms with Gasteiger partial charge in [0.05, 0.1) is 16.5 Å². The van der Waals surface area contributed by atoms with Gasteiger partial charge in [0.1, 0.15) is 4.33 Å². The second kappa shape index (κ2) is 9.20. The Morgan fingerprint density at radius 2 is 1.74 bits per heavy atom. The van der Waals surface area contributed by atoms with Crippen LogP contribution in [0.3, 0.4) is 0 Å². The molecule has 0 radical (unpaired) electrons. The molecule has 2 aromatic rings. The summed E-state index contributed by atoms with van der Waals surface area (Å²) in [6.07, 6.45) is 0.925. The maximum atomic E-state index is 12.9. The molecule has 0 spiro atoms. The van der Waals surface area contributed by atoms with Crippen molar-refractivity contribution in [3.8, 4) is 0 Å². The summed E-state index contributed by atoms with van der Waals surface area (Å²) in [5.41, 5.74) is 1.42. The van der Waals surface area contributed by atoms with E-state index in [2.05, 4.69) is 10.6 Å². The van der Waals surface area contributed by atoms with Crippen molar-refractivity contribution in [3.05, 3.63) is 62.6 Å². The van der Waals surface area contributed by atoms with Crippen LogP contribution in [0, 0.1) is 5.92 Å². The fourth-order valence-electron chi connectivity index (χ4n) is 3.73. The van der Waals surface area contributed by atoms with Crippen LogP contribution in [-0.4, -0.2) is 33.7 Å². The van der Waals surface area contributed by atoms with Crippen LogP contribution in [0.1, 0.15) is 28.3 Å². The Morgan fingerprint density at radius 1 is 1.03 bits per heavy atom. The second-order valence-corrected chi connectivity index (χ2v) is 11.4. The lowest BCUT2D eigenvalue weighted by Gasteiger charge is -2.13. The van der Waals surface area contributed by atoms with Crippen molar-refractivity contribution in [2.24, 2.45) is 5.92 Å². The van der Waals surface area contributed by atoms with Crippen molar-refractivity contribution in [2.75, 3.05) is 16.8 Å². The molecule has 3 atom stereocenters. The summed E-state index contributed by atoms with van der Waals surface area (Å²) in [6.45, 7) is 0. The zero-order chi connectivity index (χ0) is 22.3. The van der Waals surface area contributed by atoms with Gasteiger partial charge in [-0.05, 0) is 54.1 Å². The summed E-state index contributed by atoms with van der Waals surface area (Å²) >= 11 is 33.0. The minimum atomic E-state index is -1.29. The van der Waals surface area contributed by atoms with E-state index in [9.17, 15) is 9.59 Å². The fraction of sp³-hybridized carbons (Fsp3) is 0.333. The number of alkyl halides is 2. The van der Waals surface area contributed by atoms with Crippen molar-refractivity contribution >= 4 is 87.3 Å². The van der Waals surface area contributed by atoms with E-state index in [4.69, 9.17) is 58.0 Å². The standard InChI is InChI=1S/C21H17Cl5N2O2S/c22-11-5-10(6-12(23)7-11)17-18(21(17,25)26)20(30)27-13-1-2-16(24)15(8-13)19(29)28-14-3-4-31-9-14/h1-2,5-8,14,17-18H,3-4,9H2,(H,27,30)(H,28,29). The van der Waals surface area contributed by atoms with E-state index in [0.717, 1.165) is 17.9 Å². The molecule has 31 heavy (non-hydrogen) atoms. The predicted molar refractivity (Wildman–Crippen MR) is 130 cm³/mol. The average Bonchev–Trinajstić information content (AvgIpc) is 2.99. The molecule has 1 aliphatic carbocycles. The number of carbonyl (C=O) groups is 2. The maximum absolute atomic E-state index is 12.9. The zero-order valence-corrected chi connectivity index (χ0v) is 20.5. The Morgan fingerprint density at radius 3 is 2.39 bits per heavy atom. The molecule has 1 heterocycles. The van der Waals surface area contributed by atoms with Crippen LogP contribution in [0.5, 0.6) is 0 Å². The van der Waals surface area contributed by atoms with E-state index >= 15 is 0 Å². The zero-order valence-electron chi connectivity index (χ0n) is 15.9. The van der Waals surface area contributed by atoms with Gasteiger partial charge in [0, 0.05) is 33.4 Å². The number of amides is 2. The first-order valence-corrected chi connectivity index (χ1v) is 12.5. The van der Waals surface area contributed by atoms with E-state index in [1.54, 1.807) is 48.2 Å². The molecular weight excluding hydrogens is 522 g/mol. The third-order valence-electron chi connectivity index (χ3n) is 5.32. The van der Waals surface area contributed by atoms with Crippen LogP contribution < -0.4 is 10.6 Å². The van der Waals surface area contributed by atoms with Gasteiger partial charge in [-0.1, -0.05) is 34.8 Å². The van der Waals surface area contributed by atoms with Gasteiger partial charge in [-0.2, -0.15) is 11.8 Å². The molecule has 0 bridgehead atoms. The summed E-state index contributed by atoms with van der Waals surface area (Å²) in [7, 11) is 0. The van der Waals surface area contributed by atoms with Gasteiger partial charge in [-0.25, -0.2) is 0 Å². The molecule has 1 saturated carbocycles. The SMILES string of the molecule is O=C(NC1CCSC1)c1cc(NC(=O)C2C(c3cc(Cl)cc(Cl)c3)C2(Cl)Cl)ccc1Cl. The first-order valence-electron chi connectivity index (χ1n) is 9.49. The topological polar surface area (TPSA) is 58.2 Å². The molecule has 2 aromatic carbocycles. The molecule has 2 amide bonds. The van der Waals surface area contributed by atoms with E-state index in [0.29, 0.717) is 31.9 Å². The lowest BCUT2D eigenvalue weighted by atomic mass is 10.1. The number of hydrogen-bond donors (Lipinski definition) is 2. The Hall–Kier alpha value is -0.820. The van der Waals surface area contributed by atoms with Gasteiger partial charge in [-0.3, -0.25) is 9.59 Å². The third kappa shape index (κ3) is 5.07. The minimum absolute atomic E-state index is 0.122. The predicted octanol–water partition coefficient (Wildman–Crippen LogP) is 6.41.